The van der Waals surface area contributed by atoms with Gasteiger partial charge in [-0.05, 0) is 59.5 Å². The van der Waals surface area contributed by atoms with Crippen molar-refractivity contribution in [3.8, 4) is 0 Å². The van der Waals surface area contributed by atoms with Crippen LogP contribution >= 0.6 is 11.8 Å². The molecule has 37 heavy (non-hydrogen) atoms. The number of allylic oxidation sites excluding steroid dienone is 3. The van der Waals surface area contributed by atoms with Gasteiger partial charge in [0.2, 0.25) is 0 Å². The molecule has 1 aliphatic carbocycles. The predicted molar refractivity (Wildman–Crippen MR) is 156 cm³/mol. The van der Waals surface area contributed by atoms with E-state index >= 15 is 0 Å². The average molecular weight is 492 g/mol. The zero-order chi connectivity index (χ0) is 24.1. The van der Waals surface area contributed by atoms with Crippen LogP contribution in [0.5, 0.6) is 0 Å². The molecule has 2 unspecified atom stereocenters. The summed E-state index contributed by atoms with van der Waals surface area (Å²) in [6, 6.07) is 35.1. The van der Waals surface area contributed by atoms with E-state index in [1.807, 2.05) is 17.8 Å². The van der Waals surface area contributed by atoms with Crippen molar-refractivity contribution < 1.29 is 4.42 Å². The largest absolute Gasteiger partial charge is 0.455 e. The highest BCUT2D eigenvalue weighted by Crippen LogP contribution is 2.49. The first-order valence-corrected chi connectivity index (χ1v) is 13.6. The third-order valence-corrected chi connectivity index (χ3v) is 9.44. The van der Waals surface area contributed by atoms with Crippen LogP contribution in [0.4, 0.5) is 0 Å². The van der Waals surface area contributed by atoms with E-state index in [1.54, 1.807) is 0 Å². The minimum absolute atomic E-state index is 0.421. The molecule has 0 fully saturated rings. The highest BCUT2D eigenvalue weighted by molar-refractivity contribution is 8.00. The molecule has 2 nitrogen and oxygen atoms in total. The highest BCUT2D eigenvalue weighted by Gasteiger charge is 2.32. The smallest absolute Gasteiger partial charge is 0.143 e. The average Bonchev–Trinajstić information content (AvgIpc) is 3.60. The van der Waals surface area contributed by atoms with Crippen LogP contribution in [0.15, 0.2) is 125 Å². The summed E-state index contributed by atoms with van der Waals surface area (Å²) in [5.74, 6) is 0.445. The molecule has 0 radical (unpaired) electrons. The number of rotatable bonds is 1. The van der Waals surface area contributed by atoms with Gasteiger partial charge in [-0.25, -0.2) is 0 Å². The first-order valence-electron chi connectivity index (χ1n) is 12.8. The molecule has 3 heteroatoms. The van der Waals surface area contributed by atoms with Gasteiger partial charge in [-0.1, -0.05) is 66.7 Å². The molecule has 5 aromatic carbocycles. The van der Waals surface area contributed by atoms with Crippen molar-refractivity contribution in [2.45, 2.75) is 16.1 Å². The Morgan fingerprint density at radius 1 is 0.676 bits per heavy atom. The molecule has 9 rings (SSSR count). The van der Waals surface area contributed by atoms with Crippen LogP contribution in [0.1, 0.15) is 11.5 Å². The number of fused-ring (bicyclic) bond motifs is 11. The predicted octanol–water partition coefficient (Wildman–Crippen LogP) is 9.52. The Kier molecular flexibility index (Phi) is 3.86. The topological polar surface area (TPSA) is 18.1 Å². The minimum Gasteiger partial charge on any atom is -0.455 e. The molecular formula is C34H21NOS. The monoisotopic (exact) mass is 491 g/mol. The lowest BCUT2D eigenvalue weighted by Crippen LogP contribution is -2.11. The third kappa shape index (κ3) is 2.67. The number of thioether (sulfide) groups is 1. The summed E-state index contributed by atoms with van der Waals surface area (Å²) in [4.78, 5) is 1.41. The maximum absolute atomic E-state index is 6.40. The van der Waals surface area contributed by atoms with Crippen molar-refractivity contribution in [2.75, 3.05) is 0 Å². The van der Waals surface area contributed by atoms with E-state index in [9.17, 15) is 0 Å². The summed E-state index contributed by atoms with van der Waals surface area (Å²) in [6.45, 7) is 0. The van der Waals surface area contributed by atoms with Crippen molar-refractivity contribution in [3.05, 3.63) is 121 Å². The molecule has 1 aliphatic heterocycles. The minimum atomic E-state index is 0.421. The Hall–Kier alpha value is -4.21. The first-order chi connectivity index (χ1) is 18.3. The summed E-state index contributed by atoms with van der Waals surface area (Å²) >= 11 is 1.98. The van der Waals surface area contributed by atoms with Gasteiger partial charge in [0.25, 0.3) is 0 Å². The highest BCUT2D eigenvalue weighted by atomic mass is 32.2. The molecule has 0 bridgehead atoms. The number of nitrogens with zero attached hydrogens (tertiary/aromatic N) is 1. The fourth-order valence-electron chi connectivity index (χ4n) is 6.43. The van der Waals surface area contributed by atoms with E-state index in [4.69, 9.17) is 4.42 Å². The van der Waals surface area contributed by atoms with E-state index in [0.29, 0.717) is 11.2 Å². The quantitative estimate of drug-likeness (QED) is 0.228. The van der Waals surface area contributed by atoms with Gasteiger partial charge in [-0.15, -0.1) is 11.8 Å². The van der Waals surface area contributed by atoms with Crippen LogP contribution in [0.25, 0.3) is 60.2 Å². The van der Waals surface area contributed by atoms with E-state index in [1.165, 1.54) is 59.5 Å². The Morgan fingerprint density at radius 2 is 1.51 bits per heavy atom. The van der Waals surface area contributed by atoms with Gasteiger partial charge in [0.1, 0.15) is 11.2 Å². The first kappa shape index (κ1) is 19.9. The number of aromatic nitrogens is 1. The summed E-state index contributed by atoms with van der Waals surface area (Å²) < 4.78 is 8.84. The zero-order valence-corrected chi connectivity index (χ0v) is 20.7. The van der Waals surface area contributed by atoms with Crippen LogP contribution in [0, 0.1) is 0 Å². The molecule has 2 atom stereocenters. The van der Waals surface area contributed by atoms with Crippen LogP contribution in [0.3, 0.4) is 0 Å². The number of furan rings is 1. The Balaban J connectivity index is 1.31. The van der Waals surface area contributed by atoms with Crippen LogP contribution in [-0.2, 0) is 0 Å². The molecule has 174 valence electrons. The summed E-state index contributed by atoms with van der Waals surface area (Å²) in [7, 11) is 0. The van der Waals surface area contributed by atoms with Crippen LogP contribution in [0.2, 0.25) is 0 Å². The van der Waals surface area contributed by atoms with Gasteiger partial charge in [0.15, 0.2) is 0 Å². The van der Waals surface area contributed by atoms with Gasteiger partial charge in [-0.2, -0.15) is 0 Å². The van der Waals surface area contributed by atoms with Crippen molar-refractivity contribution in [3.63, 3.8) is 0 Å². The Morgan fingerprint density at radius 3 is 2.49 bits per heavy atom. The van der Waals surface area contributed by atoms with Crippen molar-refractivity contribution >= 4 is 72.0 Å². The van der Waals surface area contributed by atoms with Gasteiger partial charge in [-0.3, -0.25) is 0 Å². The Bertz CT molecular complexity index is 2140. The molecule has 0 amide bonds. The van der Waals surface area contributed by atoms with E-state index in [2.05, 4.69) is 114 Å². The van der Waals surface area contributed by atoms with Crippen molar-refractivity contribution in [2.24, 2.45) is 0 Å². The van der Waals surface area contributed by atoms with Crippen molar-refractivity contribution in [1.29, 1.82) is 0 Å². The second-order valence-corrected chi connectivity index (χ2v) is 11.3. The lowest BCUT2D eigenvalue weighted by atomic mass is 9.91. The fraction of sp³-hybridized carbons (Fsp3) is 0.0588. The summed E-state index contributed by atoms with van der Waals surface area (Å²) in [6.07, 6.45) is 7.19. The third-order valence-electron chi connectivity index (χ3n) is 8.11. The van der Waals surface area contributed by atoms with Crippen molar-refractivity contribution in [1.82, 2.24) is 4.57 Å². The molecule has 7 aromatic rings. The number of hydrogen-bond donors (Lipinski definition) is 0. The molecule has 0 spiro atoms. The molecule has 2 aromatic heterocycles. The fourth-order valence-corrected chi connectivity index (χ4v) is 7.82. The number of para-hydroxylation sites is 2. The van der Waals surface area contributed by atoms with E-state index in [-0.39, 0.29) is 0 Å². The molecule has 0 saturated heterocycles. The second kappa shape index (κ2) is 7.18. The molecule has 0 N–H and O–H groups in total. The van der Waals surface area contributed by atoms with Gasteiger partial charge >= 0.3 is 0 Å². The maximum Gasteiger partial charge on any atom is 0.143 e. The van der Waals surface area contributed by atoms with Gasteiger partial charge in [0, 0.05) is 48.7 Å². The van der Waals surface area contributed by atoms with Crippen LogP contribution in [-0.4, -0.2) is 9.82 Å². The molecule has 3 heterocycles. The second-order valence-electron chi connectivity index (χ2n) is 10.1. The standard InChI is InChI=1S/C34H21NOS/c1-4-10-29-22(7-1)28-19-27-20(13-15-26-23-8-2-5-11-31(23)36-34(26)27)17-30(28)35(29)21-14-16-25-24-9-3-6-12-32(24)37-33(25)18-21/h1-19,25,33H. The lowest BCUT2D eigenvalue weighted by Gasteiger charge is -2.20. The van der Waals surface area contributed by atoms with E-state index < -0.39 is 0 Å². The number of hydrogen-bond acceptors (Lipinski definition) is 2. The molecule has 0 saturated carbocycles. The molecule has 2 aliphatic rings. The SMILES string of the molecule is C1=CC2c3ccccc3SC2C=C1n1c2ccccc2c2cc3c(ccc4c5ccccc5oc34)cc21. The van der Waals surface area contributed by atoms with Gasteiger partial charge in [0.05, 0.1) is 11.0 Å². The summed E-state index contributed by atoms with van der Waals surface area (Å²) in [5.41, 5.74) is 7.08. The summed E-state index contributed by atoms with van der Waals surface area (Å²) in [5, 5.41) is 7.66. The van der Waals surface area contributed by atoms with E-state index in [0.717, 1.165) is 11.2 Å². The number of benzene rings is 5. The van der Waals surface area contributed by atoms with Crippen LogP contribution < -0.4 is 0 Å². The Labute approximate surface area is 217 Å². The molecular weight excluding hydrogens is 470 g/mol. The maximum atomic E-state index is 6.40. The zero-order valence-electron chi connectivity index (χ0n) is 19.9. The normalized spacial score (nSPS) is 18.8. The lowest BCUT2D eigenvalue weighted by molar-refractivity contribution is 0.672. The van der Waals surface area contributed by atoms with Gasteiger partial charge < -0.3 is 8.98 Å².